The van der Waals surface area contributed by atoms with Gasteiger partial charge in [0.2, 0.25) is 0 Å². The van der Waals surface area contributed by atoms with E-state index >= 15 is 0 Å². The summed E-state index contributed by atoms with van der Waals surface area (Å²) in [6.07, 6.45) is 4.80. The van der Waals surface area contributed by atoms with Crippen LogP contribution in [-0.2, 0) is 4.79 Å². The lowest BCUT2D eigenvalue weighted by atomic mass is 9.87. The van der Waals surface area contributed by atoms with Crippen LogP contribution in [0.5, 0.6) is 0 Å². The summed E-state index contributed by atoms with van der Waals surface area (Å²) in [6, 6.07) is 0. The summed E-state index contributed by atoms with van der Waals surface area (Å²) in [6.45, 7) is 4.08. The third kappa shape index (κ3) is 5.97. The van der Waals surface area contributed by atoms with Crippen LogP contribution in [0.25, 0.3) is 0 Å². The van der Waals surface area contributed by atoms with Crippen molar-refractivity contribution in [2.45, 2.75) is 64.4 Å². The number of carbonyl (C=O) groups is 1. The number of carboxylic acids is 1. The van der Waals surface area contributed by atoms with Gasteiger partial charge in [-0.1, -0.05) is 26.7 Å². The van der Waals surface area contributed by atoms with Crippen molar-refractivity contribution in [3.05, 3.63) is 0 Å². The molecule has 14 heavy (non-hydrogen) atoms. The molecule has 0 amide bonds. The lowest BCUT2D eigenvalue weighted by Crippen LogP contribution is -2.28. The molecule has 3 nitrogen and oxygen atoms in total. The van der Waals surface area contributed by atoms with Gasteiger partial charge in [-0.3, -0.25) is 4.79 Å². The first-order valence-electron chi connectivity index (χ1n) is 5.48. The summed E-state index contributed by atoms with van der Waals surface area (Å²) >= 11 is 0. The van der Waals surface area contributed by atoms with Gasteiger partial charge in [0, 0.05) is 6.42 Å². The summed E-state index contributed by atoms with van der Waals surface area (Å²) in [7, 11) is 0. The summed E-state index contributed by atoms with van der Waals surface area (Å²) in [5, 5.41) is 18.6. The van der Waals surface area contributed by atoms with E-state index in [-0.39, 0.29) is 6.42 Å². The summed E-state index contributed by atoms with van der Waals surface area (Å²) in [5.74, 6) is -0.777. The van der Waals surface area contributed by atoms with E-state index in [1.807, 2.05) is 13.8 Å². The zero-order valence-corrected chi connectivity index (χ0v) is 9.25. The maximum atomic E-state index is 10.3. The molecule has 0 saturated heterocycles. The minimum atomic E-state index is -0.777. The molecule has 3 heteroatoms. The Morgan fingerprint density at radius 2 is 1.64 bits per heavy atom. The van der Waals surface area contributed by atoms with E-state index in [4.69, 9.17) is 5.11 Å². The Balaban J connectivity index is 3.88. The number of aliphatic carboxylic acids is 1. The summed E-state index contributed by atoms with van der Waals surface area (Å²) in [5.41, 5.74) is -0.626. The van der Waals surface area contributed by atoms with Gasteiger partial charge in [-0.15, -0.1) is 0 Å². The van der Waals surface area contributed by atoms with Crippen LogP contribution in [0.2, 0.25) is 0 Å². The molecular formula is C11H22O3. The molecule has 0 aliphatic heterocycles. The highest BCUT2D eigenvalue weighted by Crippen LogP contribution is 2.25. The number of aliphatic hydroxyl groups is 1. The number of hydrogen-bond donors (Lipinski definition) is 2. The molecule has 0 rings (SSSR count). The van der Waals surface area contributed by atoms with Gasteiger partial charge in [-0.25, -0.2) is 0 Å². The normalized spacial score (nSPS) is 11.6. The first-order valence-corrected chi connectivity index (χ1v) is 5.48. The second-order valence-corrected chi connectivity index (χ2v) is 3.97. The Kier molecular flexibility index (Phi) is 6.54. The van der Waals surface area contributed by atoms with E-state index in [1.54, 1.807) is 0 Å². The van der Waals surface area contributed by atoms with Crippen LogP contribution in [0.15, 0.2) is 0 Å². The SMILES string of the molecule is CCCC(O)(CCC)CCCC(=O)O. The van der Waals surface area contributed by atoms with Gasteiger partial charge in [-0.05, 0) is 25.7 Å². The Morgan fingerprint density at radius 1 is 1.14 bits per heavy atom. The predicted octanol–water partition coefficient (Wildman–Crippen LogP) is 2.57. The fourth-order valence-corrected chi connectivity index (χ4v) is 1.87. The summed E-state index contributed by atoms with van der Waals surface area (Å²) < 4.78 is 0. The molecule has 0 aromatic heterocycles. The van der Waals surface area contributed by atoms with E-state index < -0.39 is 11.6 Å². The summed E-state index contributed by atoms with van der Waals surface area (Å²) in [4.78, 5) is 10.3. The minimum absolute atomic E-state index is 0.162. The average Bonchev–Trinajstić information content (AvgIpc) is 2.03. The molecule has 0 unspecified atom stereocenters. The zero-order valence-electron chi connectivity index (χ0n) is 9.25. The second-order valence-electron chi connectivity index (χ2n) is 3.97. The fourth-order valence-electron chi connectivity index (χ4n) is 1.87. The van der Waals surface area contributed by atoms with Crippen LogP contribution >= 0.6 is 0 Å². The third-order valence-corrected chi connectivity index (χ3v) is 2.46. The predicted molar refractivity (Wildman–Crippen MR) is 56.3 cm³/mol. The Hall–Kier alpha value is -0.570. The van der Waals surface area contributed by atoms with Crippen molar-refractivity contribution >= 4 is 5.97 Å². The largest absolute Gasteiger partial charge is 0.481 e. The molecule has 0 aliphatic rings. The van der Waals surface area contributed by atoms with Crippen LogP contribution in [0.1, 0.15) is 58.8 Å². The molecular weight excluding hydrogens is 180 g/mol. The van der Waals surface area contributed by atoms with Gasteiger partial charge in [-0.2, -0.15) is 0 Å². The molecule has 2 N–H and O–H groups in total. The molecule has 0 aromatic carbocycles. The second kappa shape index (κ2) is 6.82. The van der Waals surface area contributed by atoms with Crippen molar-refractivity contribution < 1.29 is 15.0 Å². The van der Waals surface area contributed by atoms with Gasteiger partial charge >= 0.3 is 5.97 Å². The molecule has 0 bridgehead atoms. The van der Waals surface area contributed by atoms with Crippen molar-refractivity contribution in [3.8, 4) is 0 Å². The molecule has 0 spiro atoms. The number of rotatable bonds is 8. The standard InChI is InChI=1S/C11H22O3/c1-3-7-11(14,8-4-2)9-5-6-10(12)13/h14H,3-9H2,1-2H3,(H,12,13). The van der Waals surface area contributed by atoms with Gasteiger partial charge in [0.05, 0.1) is 5.60 Å². The lowest BCUT2D eigenvalue weighted by Gasteiger charge is -2.27. The highest BCUT2D eigenvalue weighted by molar-refractivity contribution is 5.66. The van der Waals surface area contributed by atoms with Crippen molar-refractivity contribution in [1.82, 2.24) is 0 Å². The Morgan fingerprint density at radius 3 is 2.00 bits per heavy atom. The number of carboxylic acid groups (broad SMARTS) is 1. The molecule has 0 heterocycles. The van der Waals surface area contributed by atoms with Crippen molar-refractivity contribution in [2.75, 3.05) is 0 Å². The van der Waals surface area contributed by atoms with Crippen LogP contribution < -0.4 is 0 Å². The zero-order chi connectivity index (χ0) is 11.0. The van der Waals surface area contributed by atoms with E-state index in [1.165, 1.54) is 0 Å². The van der Waals surface area contributed by atoms with E-state index in [0.717, 1.165) is 25.7 Å². The van der Waals surface area contributed by atoms with Crippen molar-refractivity contribution in [1.29, 1.82) is 0 Å². The highest BCUT2D eigenvalue weighted by atomic mass is 16.4. The van der Waals surface area contributed by atoms with Gasteiger partial charge in [0.1, 0.15) is 0 Å². The molecule has 0 aliphatic carbocycles. The minimum Gasteiger partial charge on any atom is -0.481 e. The highest BCUT2D eigenvalue weighted by Gasteiger charge is 2.24. The molecule has 0 saturated carbocycles. The van der Waals surface area contributed by atoms with Crippen molar-refractivity contribution in [2.24, 2.45) is 0 Å². The average molecular weight is 202 g/mol. The van der Waals surface area contributed by atoms with Crippen LogP contribution in [0, 0.1) is 0 Å². The van der Waals surface area contributed by atoms with Gasteiger partial charge in [0.25, 0.3) is 0 Å². The number of hydrogen-bond acceptors (Lipinski definition) is 2. The molecule has 84 valence electrons. The van der Waals surface area contributed by atoms with Crippen LogP contribution in [0.4, 0.5) is 0 Å². The van der Waals surface area contributed by atoms with Gasteiger partial charge < -0.3 is 10.2 Å². The van der Waals surface area contributed by atoms with Crippen LogP contribution in [0.3, 0.4) is 0 Å². The first-order chi connectivity index (χ1) is 6.54. The van der Waals surface area contributed by atoms with Crippen LogP contribution in [-0.4, -0.2) is 21.8 Å². The topological polar surface area (TPSA) is 57.5 Å². The molecule has 0 fully saturated rings. The fraction of sp³-hybridized carbons (Fsp3) is 0.909. The Labute approximate surface area is 86.1 Å². The molecule has 0 radical (unpaired) electrons. The maximum Gasteiger partial charge on any atom is 0.303 e. The smallest absolute Gasteiger partial charge is 0.303 e. The molecule has 0 atom stereocenters. The van der Waals surface area contributed by atoms with E-state index in [9.17, 15) is 9.90 Å². The lowest BCUT2D eigenvalue weighted by molar-refractivity contribution is -0.137. The Bertz CT molecular complexity index is 160. The monoisotopic (exact) mass is 202 g/mol. The van der Waals surface area contributed by atoms with Crippen molar-refractivity contribution in [3.63, 3.8) is 0 Å². The van der Waals surface area contributed by atoms with Gasteiger partial charge in [0.15, 0.2) is 0 Å². The molecule has 0 aromatic rings. The maximum absolute atomic E-state index is 10.3. The first kappa shape index (κ1) is 13.4. The quantitative estimate of drug-likeness (QED) is 0.636. The van der Waals surface area contributed by atoms with E-state index in [2.05, 4.69) is 0 Å². The third-order valence-electron chi connectivity index (χ3n) is 2.46. The van der Waals surface area contributed by atoms with E-state index in [0.29, 0.717) is 12.8 Å².